The van der Waals surface area contributed by atoms with Crippen LogP contribution in [0.4, 0.5) is 0 Å². The minimum atomic E-state index is -0.440. The summed E-state index contributed by atoms with van der Waals surface area (Å²) in [4.78, 5) is 11.7. The molecule has 0 aliphatic carbocycles. The van der Waals surface area contributed by atoms with Gasteiger partial charge in [-0.3, -0.25) is 0 Å². The fourth-order valence-electron chi connectivity index (χ4n) is 1.89. The Bertz CT molecular complexity index is 557. The van der Waals surface area contributed by atoms with Gasteiger partial charge in [0.15, 0.2) is 0 Å². The van der Waals surface area contributed by atoms with E-state index >= 15 is 0 Å². The Morgan fingerprint density at radius 3 is 2.36 bits per heavy atom. The van der Waals surface area contributed by atoms with Crippen LogP contribution in [0.1, 0.15) is 18.4 Å². The molecule has 0 aromatic heterocycles. The van der Waals surface area contributed by atoms with E-state index in [1.807, 2.05) is 48.5 Å². The maximum absolute atomic E-state index is 11.7. The zero-order valence-corrected chi connectivity index (χ0v) is 14.1. The second kappa shape index (κ2) is 9.42. The van der Waals surface area contributed by atoms with E-state index in [0.29, 0.717) is 13.0 Å². The molecule has 3 nitrogen and oxygen atoms in total. The molecule has 0 aliphatic rings. The summed E-state index contributed by atoms with van der Waals surface area (Å²) in [5.41, 5.74) is 0.976. The van der Waals surface area contributed by atoms with Crippen LogP contribution in [0.25, 0.3) is 0 Å². The quantitative estimate of drug-likeness (QED) is 0.578. The number of carbonyl (C=O) groups is 1. The third kappa shape index (κ3) is 6.44. The molecule has 0 bridgehead atoms. The first kappa shape index (κ1) is 16.8. The van der Waals surface area contributed by atoms with Gasteiger partial charge in [0.25, 0.3) is 0 Å². The summed E-state index contributed by atoms with van der Waals surface area (Å²) in [6.45, 7) is 0.295. The molecule has 0 heterocycles. The van der Waals surface area contributed by atoms with Crippen molar-refractivity contribution in [2.45, 2.75) is 30.9 Å². The van der Waals surface area contributed by atoms with Crippen molar-refractivity contribution < 1.29 is 14.6 Å². The van der Waals surface area contributed by atoms with Crippen LogP contribution in [0.3, 0.4) is 0 Å². The number of carbonyl (C=O) groups excluding carboxylic acids is 1. The normalized spacial score (nSPS) is 11.9. The van der Waals surface area contributed by atoms with Gasteiger partial charge in [-0.25, -0.2) is 0 Å². The van der Waals surface area contributed by atoms with E-state index in [9.17, 15) is 9.90 Å². The average molecular weight is 363 g/mol. The monoisotopic (exact) mass is 364 g/mol. The first-order chi connectivity index (χ1) is 10.7. The standard InChI is InChI=1S/C18H20O3Se/c19-16(14-22-17-9-5-2-6-10-17)11-12-18(20)21-13-15-7-3-1-4-8-15/h1-10,16,19H,11-14H2/t16-/m0/s1. The molecule has 0 spiro atoms. The summed E-state index contributed by atoms with van der Waals surface area (Å²) < 4.78 is 6.46. The van der Waals surface area contributed by atoms with Crippen LogP contribution in [-0.2, 0) is 16.1 Å². The number of aliphatic hydroxyl groups is 1. The molecule has 4 heteroatoms. The summed E-state index contributed by atoms with van der Waals surface area (Å²) in [5.74, 6) is -0.255. The topological polar surface area (TPSA) is 46.5 Å². The Morgan fingerprint density at radius 2 is 1.68 bits per heavy atom. The van der Waals surface area contributed by atoms with Crippen molar-refractivity contribution in [3.8, 4) is 0 Å². The fourth-order valence-corrected chi connectivity index (χ4v) is 3.78. The number of esters is 1. The predicted octanol–water partition coefficient (Wildman–Crippen LogP) is 2.32. The number of ether oxygens (including phenoxy) is 1. The van der Waals surface area contributed by atoms with Gasteiger partial charge in [0.05, 0.1) is 0 Å². The van der Waals surface area contributed by atoms with E-state index in [2.05, 4.69) is 12.1 Å². The van der Waals surface area contributed by atoms with Gasteiger partial charge in [-0.1, -0.05) is 0 Å². The van der Waals surface area contributed by atoms with Crippen LogP contribution in [0, 0.1) is 0 Å². The van der Waals surface area contributed by atoms with E-state index in [1.54, 1.807) is 0 Å². The molecule has 2 rings (SSSR count). The number of benzene rings is 2. The molecule has 22 heavy (non-hydrogen) atoms. The molecule has 2 aromatic carbocycles. The van der Waals surface area contributed by atoms with Crippen molar-refractivity contribution in [2.24, 2.45) is 0 Å². The Hall–Kier alpha value is -1.61. The third-order valence-corrected chi connectivity index (χ3v) is 5.54. The summed E-state index contributed by atoms with van der Waals surface area (Å²) >= 11 is 0.245. The zero-order chi connectivity index (χ0) is 15.6. The van der Waals surface area contributed by atoms with Gasteiger partial charge in [0, 0.05) is 0 Å². The molecule has 0 fully saturated rings. The van der Waals surface area contributed by atoms with Crippen molar-refractivity contribution in [1.82, 2.24) is 0 Å². The van der Waals surface area contributed by atoms with Crippen molar-refractivity contribution >= 4 is 25.4 Å². The van der Waals surface area contributed by atoms with Crippen LogP contribution in [0.5, 0.6) is 0 Å². The van der Waals surface area contributed by atoms with Crippen LogP contribution >= 0.6 is 0 Å². The van der Waals surface area contributed by atoms with Gasteiger partial charge < -0.3 is 0 Å². The van der Waals surface area contributed by atoms with Crippen LogP contribution < -0.4 is 4.46 Å². The van der Waals surface area contributed by atoms with Crippen LogP contribution in [0.2, 0.25) is 5.32 Å². The molecule has 116 valence electrons. The van der Waals surface area contributed by atoms with Gasteiger partial charge in [-0.2, -0.15) is 0 Å². The first-order valence-electron chi connectivity index (χ1n) is 7.29. The van der Waals surface area contributed by atoms with E-state index in [1.165, 1.54) is 4.46 Å². The van der Waals surface area contributed by atoms with E-state index in [4.69, 9.17) is 4.74 Å². The van der Waals surface area contributed by atoms with Gasteiger partial charge >= 0.3 is 137 Å². The van der Waals surface area contributed by atoms with Gasteiger partial charge in [0.1, 0.15) is 0 Å². The Labute approximate surface area is 137 Å². The van der Waals surface area contributed by atoms with E-state index in [-0.39, 0.29) is 27.3 Å². The summed E-state index contributed by atoms with van der Waals surface area (Å²) in [7, 11) is 0. The number of hydrogen-bond acceptors (Lipinski definition) is 3. The van der Waals surface area contributed by atoms with Crippen LogP contribution in [0.15, 0.2) is 60.7 Å². The summed E-state index contributed by atoms with van der Waals surface area (Å²) in [6.07, 6.45) is 0.283. The van der Waals surface area contributed by atoms with Crippen molar-refractivity contribution in [3.05, 3.63) is 66.2 Å². The molecule has 1 N–H and O–H groups in total. The molecule has 0 unspecified atom stereocenters. The van der Waals surface area contributed by atoms with Crippen molar-refractivity contribution in [3.63, 3.8) is 0 Å². The summed E-state index contributed by atoms with van der Waals surface area (Å²) in [6, 6.07) is 19.7. The Balaban J connectivity index is 1.61. The Morgan fingerprint density at radius 1 is 1.05 bits per heavy atom. The SMILES string of the molecule is O=C(CC[C@H](O)C[Se]c1ccccc1)OCc1ccccc1. The third-order valence-electron chi connectivity index (χ3n) is 3.11. The molecule has 2 aromatic rings. The minimum absolute atomic E-state index is 0.245. The maximum atomic E-state index is 11.7. The first-order valence-corrected chi connectivity index (χ1v) is 9.36. The van der Waals surface area contributed by atoms with E-state index in [0.717, 1.165) is 10.9 Å². The molecule has 0 amide bonds. The molecule has 0 saturated heterocycles. The van der Waals surface area contributed by atoms with Crippen molar-refractivity contribution in [1.29, 1.82) is 0 Å². The van der Waals surface area contributed by atoms with E-state index < -0.39 is 6.10 Å². The van der Waals surface area contributed by atoms with Gasteiger partial charge in [-0.15, -0.1) is 0 Å². The Kier molecular flexibility index (Phi) is 7.17. The molecule has 0 aliphatic heterocycles. The number of rotatable bonds is 8. The molecular formula is C18H20O3Se. The van der Waals surface area contributed by atoms with Gasteiger partial charge in [0.2, 0.25) is 0 Å². The second-order valence-electron chi connectivity index (χ2n) is 4.96. The van der Waals surface area contributed by atoms with Crippen LogP contribution in [-0.4, -0.2) is 32.1 Å². The molecular weight excluding hydrogens is 343 g/mol. The molecule has 0 radical (unpaired) electrons. The summed E-state index contributed by atoms with van der Waals surface area (Å²) in [5, 5.41) is 10.7. The predicted molar refractivity (Wildman–Crippen MR) is 88.1 cm³/mol. The van der Waals surface area contributed by atoms with Gasteiger partial charge in [-0.05, 0) is 0 Å². The fraction of sp³-hybridized carbons (Fsp3) is 0.278. The molecule has 1 atom stereocenters. The number of aliphatic hydroxyl groups excluding tert-OH is 1. The molecule has 0 saturated carbocycles. The van der Waals surface area contributed by atoms with Crippen molar-refractivity contribution in [2.75, 3.05) is 0 Å². The average Bonchev–Trinajstić information content (AvgIpc) is 2.58. The second-order valence-corrected chi connectivity index (χ2v) is 7.26. The zero-order valence-electron chi connectivity index (χ0n) is 12.4. The number of hydrogen-bond donors (Lipinski definition) is 1.